The van der Waals surface area contributed by atoms with Crippen molar-refractivity contribution in [3.8, 4) is 5.75 Å². The number of imide groups is 1. The van der Waals surface area contributed by atoms with Crippen LogP contribution in [0.2, 0.25) is 5.02 Å². The lowest BCUT2D eigenvalue weighted by Gasteiger charge is -2.18. The van der Waals surface area contributed by atoms with E-state index in [1.54, 1.807) is 0 Å². The molecule has 0 spiro atoms. The van der Waals surface area contributed by atoms with Crippen LogP contribution in [0, 0.1) is 0 Å². The summed E-state index contributed by atoms with van der Waals surface area (Å²) in [6.45, 7) is 1.95. The number of aromatic hydroxyl groups is 1. The van der Waals surface area contributed by atoms with Crippen LogP contribution in [-0.4, -0.2) is 47.1 Å². The van der Waals surface area contributed by atoms with Crippen LogP contribution in [0.25, 0.3) is 0 Å². The Morgan fingerprint density at radius 1 is 1.48 bits per heavy atom. The van der Waals surface area contributed by atoms with Gasteiger partial charge in [-0.05, 0) is 25.1 Å². The first-order chi connectivity index (χ1) is 9.90. The lowest BCUT2D eigenvalue weighted by atomic mass is 10.2. The third kappa shape index (κ3) is 3.25. The molecule has 8 heteroatoms. The van der Waals surface area contributed by atoms with Crippen LogP contribution in [0.5, 0.6) is 5.75 Å². The van der Waals surface area contributed by atoms with Gasteiger partial charge in [-0.3, -0.25) is 9.69 Å². The van der Waals surface area contributed by atoms with Crippen LogP contribution < -0.4 is 5.32 Å². The number of rotatable bonds is 3. The summed E-state index contributed by atoms with van der Waals surface area (Å²) >= 11 is 5.66. The molecular formula is C13H13ClN2O5. The van der Waals surface area contributed by atoms with Gasteiger partial charge in [0.25, 0.3) is 5.91 Å². The SMILES string of the molecule is C[C@H](OC(=O)c1ccc(Cl)cc1O)C(=O)N1CCNC1=O. The number of urea groups is 1. The van der Waals surface area contributed by atoms with Crippen molar-refractivity contribution in [2.45, 2.75) is 13.0 Å². The molecule has 1 aromatic rings. The van der Waals surface area contributed by atoms with E-state index in [4.69, 9.17) is 16.3 Å². The van der Waals surface area contributed by atoms with Gasteiger partial charge in [0.15, 0.2) is 6.10 Å². The van der Waals surface area contributed by atoms with Crippen molar-refractivity contribution in [2.75, 3.05) is 13.1 Å². The van der Waals surface area contributed by atoms with E-state index in [1.807, 2.05) is 0 Å². The Morgan fingerprint density at radius 2 is 2.19 bits per heavy atom. The number of nitrogens with zero attached hydrogens (tertiary/aromatic N) is 1. The zero-order chi connectivity index (χ0) is 15.6. The quantitative estimate of drug-likeness (QED) is 0.816. The summed E-state index contributed by atoms with van der Waals surface area (Å²) in [6.07, 6.45) is -1.14. The van der Waals surface area contributed by atoms with Crippen molar-refractivity contribution < 1.29 is 24.2 Å². The molecule has 3 amide bonds. The standard InChI is InChI=1S/C13H13ClN2O5/c1-7(11(18)16-5-4-15-13(16)20)21-12(19)9-3-2-8(14)6-10(9)17/h2-3,6-7,17H,4-5H2,1H3,(H,15,20)/t7-/m0/s1. The van der Waals surface area contributed by atoms with Crippen LogP contribution in [0.3, 0.4) is 0 Å². The summed E-state index contributed by atoms with van der Waals surface area (Å²) in [7, 11) is 0. The number of phenols is 1. The van der Waals surface area contributed by atoms with E-state index in [0.29, 0.717) is 6.54 Å². The van der Waals surface area contributed by atoms with Crippen molar-refractivity contribution in [3.63, 3.8) is 0 Å². The van der Waals surface area contributed by atoms with Crippen molar-refractivity contribution in [1.29, 1.82) is 0 Å². The fraction of sp³-hybridized carbons (Fsp3) is 0.308. The Kier molecular flexibility index (Phi) is 4.32. The smallest absolute Gasteiger partial charge is 0.342 e. The Bertz CT molecular complexity index is 604. The average molecular weight is 313 g/mol. The highest BCUT2D eigenvalue weighted by atomic mass is 35.5. The van der Waals surface area contributed by atoms with Gasteiger partial charge < -0.3 is 15.2 Å². The molecule has 1 heterocycles. The van der Waals surface area contributed by atoms with Gasteiger partial charge in [-0.1, -0.05) is 11.6 Å². The van der Waals surface area contributed by atoms with E-state index >= 15 is 0 Å². The highest BCUT2D eigenvalue weighted by Gasteiger charge is 2.32. The summed E-state index contributed by atoms with van der Waals surface area (Å²) in [6, 6.07) is 3.38. The molecule has 2 N–H and O–H groups in total. The molecule has 1 aliphatic rings. The molecule has 0 aromatic heterocycles. The number of hydrogen-bond donors (Lipinski definition) is 2. The molecule has 1 atom stereocenters. The molecule has 7 nitrogen and oxygen atoms in total. The van der Waals surface area contributed by atoms with Gasteiger partial charge in [-0.15, -0.1) is 0 Å². The minimum Gasteiger partial charge on any atom is -0.507 e. The Morgan fingerprint density at radius 3 is 2.76 bits per heavy atom. The summed E-state index contributed by atoms with van der Waals surface area (Å²) < 4.78 is 4.97. The molecule has 2 rings (SSSR count). The molecule has 112 valence electrons. The molecule has 21 heavy (non-hydrogen) atoms. The van der Waals surface area contributed by atoms with Crippen LogP contribution in [0.15, 0.2) is 18.2 Å². The highest BCUT2D eigenvalue weighted by Crippen LogP contribution is 2.23. The van der Waals surface area contributed by atoms with Crippen molar-refractivity contribution in [3.05, 3.63) is 28.8 Å². The highest BCUT2D eigenvalue weighted by molar-refractivity contribution is 6.30. The fourth-order valence-corrected chi connectivity index (χ4v) is 2.02. The molecule has 0 saturated carbocycles. The summed E-state index contributed by atoms with van der Waals surface area (Å²) in [5.41, 5.74) is -0.107. The van der Waals surface area contributed by atoms with Gasteiger partial charge in [-0.25, -0.2) is 9.59 Å². The summed E-state index contributed by atoms with van der Waals surface area (Å²) in [4.78, 5) is 36.2. The van der Waals surface area contributed by atoms with E-state index < -0.39 is 24.0 Å². The second-order valence-corrected chi connectivity index (χ2v) is 4.87. The van der Waals surface area contributed by atoms with Gasteiger partial charge in [0.2, 0.25) is 0 Å². The number of hydrogen-bond acceptors (Lipinski definition) is 5. The van der Waals surface area contributed by atoms with Gasteiger partial charge >= 0.3 is 12.0 Å². The number of amides is 3. The van der Waals surface area contributed by atoms with Crippen LogP contribution in [-0.2, 0) is 9.53 Å². The predicted molar refractivity (Wildman–Crippen MR) is 73.1 cm³/mol. The topological polar surface area (TPSA) is 95.9 Å². The maximum absolute atomic E-state index is 12.0. The van der Waals surface area contributed by atoms with Crippen LogP contribution >= 0.6 is 11.6 Å². The number of nitrogens with one attached hydrogen (secondary N) is 1. The average Bonchev–Trinajstić information content (AvgIpc) is 2.83. The molecule has 1 aliphatic heterocycles. The monoisotopic (exact) mass is 312 g/mol. The van der Waals surface area contributed by atoms with Crippen LogP contribution in [0.1, 0.15) is 17.3 Å². The number of esters is 1. The number of carbonyl (C=O) groups is 3. The van der Waals surface area contributed by atoms with E-state index in [0.717, 1.165) is 4.90 Å². The molecule has 1 fully saturated rings. The lowest BCUT2D eigenvalue weighted by molar-refractivity contribution is -0.136. The summed E-state index contributed by atoms with van der Waals surface area (Å²) in [5, 5.41) is 12.4. The Balaban J connectivity index is 2.05. The number of benzene rings is 1. The fourth-order valence-electron chi connectivity index (χ4n) is 1.85. The first kappa shape index (κ1) is 15.1. The molecule has 1 saturated heterocycles. The van der Waals surface area contributed by atoms with Gasteiger partial charge in [0, 0.05) is 18.1 Å². The van der Waals surface area contributed by atoms with Gasteiger partial charge in [0.05, 0.1) is 0 Å². The number of phenolic OH excluding ortho intramolecular Hbond substituents is 1. The largest absolute Gasteiger partial charge is 0.507 e. The van der Waals surface area contributed by atoms with E-state index in [9.17, 15) is 19.5 Å². The second-order valence-electron chi connectivity index (χ2n) is 4.43. The number of carbonyl (C=O) groups excluding carboxylic acids is 3. The van der Waals surface area contributed by atoms with E-state index in [2.05, 4.69) is 5.32 Å². The molecule has 0 bridgehead atoms. The Hall–Kier alpha value is -2.28. The molecular weight excluding hydrogens is 300 g/mol. The first-order valence-corrected chi connectivity index (χ1v) is 6.56. The maximum atomic E-state index is 12.0. The minimum atomic E-state index is -1.14. The van der Waals surface area contributed by atoms with Crippen molar-refractivity contribution in [2.24, 2.45) is 0 Å². The minimum absolute atomic E-state index is 0.107. The third-order valence-corrected chi connectivity index (χ3v) is 3.17. The molecule has 1 aromatic carbocycles. The van der Waals surface area contributed by atoms with Gasteiger partial charge in [-0.2, -0.15) is 0 Å². The van der Waals surface area contributed by atoms with Gasteiger partial charge in [0.1, 0.15) is 11.3 Å². The van der Waals surface area contributed by atoms with Crippen LogP contribution in [0.4, 0.5) is 4.79 Å². The lowest BCUT2D eigenvalue weighted by Crippen LogP contribution is -2.41. The zero-order valence-electron chi connectivity index (χ0n) is 11.1. The zero-order valence-corrected chi connectivity index (χ0v) is 11.9. The maximum Gasteiger partial charge on any atom is 0.342 e. The second kappa shape index (κ2) is 6.01. The number of ether oxygens (including phenoxy) is 1. The first-order valence-electron chi connectivity index (χ1n) is 6.19. The van der Waals surface area contributed by atoms with Crippen molar-refractivity contribution in [1.82, 2.24) is 10.2 Å². The van der Waals surface area contributed by atoms with E-state index in [1.165, 1.54) is 25.1 Å². The molecule has 0 radical (unpaired) electrons. The normalized spacial score (nSPS) is 15.5. The Labute approximate surface area is 125 Å². The third-order valence-electron chi connectivity index (χ3n) is 2.93. The predicted octanol–water partition coefficient (Wildman–Crippen LogP) is 1.14. The summed E-state index contributed by atoms with van der Waals surface area (Å²) in [5.74, 6) is -1.83. The molecule has 0 aliphatic carbocycles. The van der Waals surface area contributed by atoms with E-state index in [-0.39, 0.29) is 22.9 Å². The molecule has 0 unspecified atom stereocenters. The number of halogens is 1. The van der Waals surface area contributed by atoms with Crippen molar-refractivity contribution >= 4 is 29.5 Å².